The Morgan fingerprint density at radius 1 is 1.20 bits per heavy atom. The van der Waals surface area contributed by atoms with Crippen LogP contribution in [0.3, 0.4) is 0 Å². The standard InChI is InChI=1S/C16H22N2O2/c1-10-6-7-14(15(8-10)19-5)12(3)18-13(4)16-17-9-11(2)20-16/h6-9,12-13,18H,1-5H3. The van der Waals surface area contributed by atoms with Crippen molar-refractivity contribution in [2.24, 2.45) is 0 Å². The van der Waals surface area contributed by atoms with Gasteiger partial charge in [0.05, 0.1) is 19.3 Å². The second-order valence-electron chi connectivity index (χ2n) is 5.16. The zero-order valence-corrected chi connectivity index (χ0v) is 12.7. The van der Waals surface area contributed by atoms with Crippen molar-refractivity contribution < 1.29 is 9.15 Å². The molecule has 2 atom stereocenters. The molecule has 1 N–H and O–H groups in total. The van der Waals surface area contributed by atoms with Gasteiger partial charge in [0.25, 0.3) is 0 Å². The second kappa shape index (κ2) is 6.09. The maximum atomic E-state index is 5.55. The Hall–Kier alpha value is -1.81. The first-order valence-corrected chi connectivity index (χ1v) is 6.84. The highest BCUT2D eigenvalue weighted by molar-refractivity contribution is 5.39. The van der Waals surface area contributed by atoms with Crippen LogP contribution >= 0.6 is 0 Å². The lowest BCUT2D eigenvalue weighted by atomic mass is 10.0. The number of ether oxygens (including phenoxy) is 1. The Morgan fingerprint density at radius 2 is 1.95 bits per heavy atom. The van der Waals surface area contributed by atoms with E-state index in [2.05, 4.69) is 36.3 Å². The van der Waals surface area contributed by atoms with Crippen molar-refractivity contribution in [2.45, 2.75) is 39.8 Å². The van der Waals surface area contributed by atoms with Gasteiger partial charge in [-0.3, -0.25) is 5.32 Å². The van der Waals surface area contributed by atoms with Crippen LogP contribution in [0.1, 0.15) is 48.7 Å². The van der Waals surface area contributed by atoms with E-state index in [1.807, 2.05) is 19.9 Å². The van der Waals surface area contributed by atoms with E-state index in [9.17, 15) is 0 Å². The third-order valence-electron chi connectivity index (χ3n) is 3.37. The summed E-state index contributed by atoms with van der Waals surface area (Å²) in [6.45, 7) is 8.11. The molecule has 0 fully saturated rings. The van der Waals surface area contributed by atoms with E-state index >= 15 is 0 Å². The molecule has 2 unspecified atom stereocenters. The van der Waals surface area contributed by atoms with Gasteiger partial charge >= 0.3 is 0 Å². The van der Waals surface area contributed by atoms with E-state index in [-0.39, 0.29) is 12.1 Å². The van der Waals surface area contributed by atoms with Crippen LogP contribution in [0, 0.1) is 13.8 Å². The number of nitrogens with one attached hydrogen (secondary N) is 1. The summed E-state index contributed by atoms with van der Waals surface area (Å²) in [7, 11) is 1.70. The summed E-state index contributed by atoms with van der Waals surface area (Å²) < 4.78 is 11.0. The quantitative estimate of drug-likeness (QED) is 0.903. The highest BCUT2D eigenvalue weighted by Crippen LogP contribution is 2.28. The molecule has 108 valence electrons. The van der Waals surface area contributed by atoms with Gasteiger partial charge in [0.1, 0.15) is 11.5 Å². The molecule has 1 aromatic carbocycles. The molecule has 0 bridgehead atoms. The van der Waals surface area contributed by atoms with Crippen molar-refractivity contribution in [1.82, 2.24) is 10.3 Å². The van der Waals surface area contributed by atoms with Crippen LogP contribution in [-0.2, 0) is 0 Å². The molecular formula is C16H22N2O2. The molecule has 0 spiro atoms. The molecule has 1 aromatic heterocycles. The lowest BCUT2D eigenvalue weighted by Gasteiger charge is -2.20. The number of hydrogen-bond acceptors (Lipinski definition) is 4. The first-order valence-electron chi connectivity index (χ1n) is 6.84. The fourth-order valence-corrected chi connectivity index (χ4v) is 2.28. The molecule has 0 aliphatic rings. The van der Waals surface area contributed by atoms with Gasteiger partial charge in [0.2, 0.25) is 5.89 Å². The van der Waals surface area contributed by atoms with E-state index in [1.54, 1.807) is 13.3 Å². The molecule has 2 rings (SSSR count). The van der Waals surface area contributed by atoms with Crippen molar-refractivity contribution in [3.05, 3.63) is 47.2 Å². The summed E-state index contributed by atoms with van der Waals surface area (Å²) in [5.41, 5.74) is 2.32. The maximum absolute atomic E-state index is 5.55. The van der Waals surface area contributed by atoms with E-state index < -0.39 is 0 Å². The first-order chi connectivity index (χ1) is 9.51. The molecule has 0 saturated carbocycles. The Kier molecular flexibility index (Phi) is 4.45. The van der Waals surface area contributed by atoms with E-state index in [1.165, 1.54) is 5.56 Å². The number of benzene rings is 1. The molecule has 2 aromatic rings. The monoisotopic (exact) mass is 274 g/mol. The smallest absolute Gasteiger partial charge is 0.211 e. The van der Waals surface area contributed by atoms with Gasteiger partial charge in [-0.1, -0.05) is 12.1 Å². The van der Waals surface area contributed by atoms with E-state index in [0.717, 1.165) is 17.1 Å². The molecule has 1 heterocycles. The maximum Gasteiger partial charge on any atom is 0.211 e. The number of methoxy groups -OCH3 is 1. The van der Waals surface area contributed by atoms with Crippen molar-refractivity contribution in [2.75, 3.05) is 7.11 Å². The van der Waals surface area contributed by atoms with E-state index in [4.69, 9.17) is 9.15 Å². The molecule has 0 saturated heterocycles. The number of hydrogen-bond donors (Lipinski definition) is 1. The molecule has 0 aliphatic carbocycles. The SMILES string of the molecule is COc1cc(C)ccc1C(C)NC(C)c1ncc(C)o1. The fraction of sp³-hybridized carbons (Fsp3) is 0.438. The highest BCUT2D eigenvalue weighted by atomic mass is 16.5. The van der Waals surface area contributed by atoms with Gasteiger partial charge in [0.15, 0.2) is 0 Å². The zero-order valence-electron chi connectivity index (χ0n) is 12.7. The number of nitrogens with zero attached hydrogens (tertiary/aromatic N) is 1. The minimum atomic E-state index is 0.0460. The minimum Gasteiger partial charge on any atom is -0.496 e. The Bertz CT molecular complexity index is 578. The third kappa shape index (κ3) is 3.20. The van der Waals surface area contributed by atoms with Gasteiger partial charge in [0, 0.05) is 11.6 Å². The average Bonchev–Trinajstić information content (AvgIpc) is 2.85. The lowest BCUT2D eigenvalue weighted by Crippen LogP contribution is -2.23. The highest BCUT2D eigenvalue weighted by Gasteiger charge is 2.17. The molecular weight excluding hydrogens is 252 g/mol. The molecule has 20 heavy (non-hydrogen) atoms. The van der Waals surface area contributed by atoms with Crippen LogP contribution in [0.15, 0.2) is 28.8 Å². The number of oxazole rings is 1. The Balaban J connectivity index is 2.13. The topological polar surface area (TPSA) is 47.3 Å². The molecule has 0 radical (unpaired) electrons. The van der Waals surface area contributed by atoms with Gasteiger partial charge < -0.3 is 9.15 Å². The third-order valence-corrected chi connectivity index (χ3v) is 3.37. The molecule has 0 amide bonds. The predicted octanol–water partition coefficient (Wildman–Crippen LogP) is 3.71. The van der Waals surface area contributed by atoms with E-state index in [0.29, 0.717) is 5.89 Å². The van der Waals surface area contributed by atoms with Crippen molar-refractivity contribution in [3.63, 3.8) is 0 Å². The fourth-order valence-electron chi connectivity index (χ4n) is 2.28. The van der Waals surface area contributed by atoms with Crippen molar-refractivity contribution >= 4 is 0 Å². The Labute approximate surface area is 120 Å². The van der Waals surface area contributed by atoms with Crippen LogP contribution in [0.5, 0.6) is 5.75 Å². The second-order valence-corrected chi connectivity index (χ2v) is 5.16. The first kappa shape index (κ1) is 14.6. The molecule has 0 aliphatic heterocycles. The minimum absolute atomic E-state index is 0.0460. The summed E-state index contributed by atoms with van der Waals surface area (Å²) >= 11 is 0. The summed E-state index contributed by atoms with van der Waals surface area (Å²) in [6, 6.07) is 6.43. The largest absolute Gasteiger partial charge is 0.496 e. The summed E-state index contributed by atoms with van der Waals surface area (Å²) in [4.78, 5) is 4.26. The van der Waals surface area contributed by atoms with Crippen molar-refractivity contribution in [1.29, 1.82) is 0 Å². The average molecular weight is 274 g/mol. The van der Waals surface area contributed by atoms with Gasteiger partial charge in [-0.2, -0.15) is 0 Å². The van der Waals surface area contributed by atoms with Gasteiger partial charge in [-0.15, -0.1) is 0 Å². The Morgan fingerprint density at radius 3 is 2.55 bits per heavy atom. The number of rotatable bonds is 5. The summed E-state index contributed by atoms with van der Waals surface area (Å²) in [5.74, 6) is 2.44. The van der Waals surface area contributed by atoms with Gasteiger partial charge in [-0.25, -0.2) is 4.98 Å². The molecule has 4 nitrogen and oxygen atoms in total. The zero-order chi connectivity index (χ0) is 14.7. The summed E-state index contributed by atoms with van der Waals surface area (Å²) in [5, 5.41) is 3.48. The van der Waals surface area contributed by atoms with Gasteiger partial charge in [-0.05, 0) is 39.3 Å². The van der Waals surface area contributed by atoms with Crippen LogP contribution < -0.4 is 10.1 Å². The predicted molar refractivity (Wildman–Crippen MR) is 78.9 cm³/mol. The van der Waals surface area contributed by atoms with Crippen LogP contribution in [-0.4, -0.2) is 12.1 Å². The molecule has 4 heteroatoms. The summed E-state index contributed by atoms with van der Waals surface area (Å²) in [6.07, 6.45) is 1.74. The van der Waals surface area contributed by atoms with Crippen LogP contribution in [0.2, 0.25) is 0 Å². The lowest BCUT2D eigenvalue weighted by molar-refractivity contribution is 0.367. The number of aromatic nitrogens is 1. The van der Waals surface area contributed by atoms with Crippen molar-refractivity contribution in [3.8, 4) is 5.75 Å². The van der Waals surface area contributed by atoms with Crippen LogP contribution in [0.4, 0.5) is 0 Å². The number of aryl methyl sites for hydroxylation is 2. The normalized spacial score (nSPS) is 14.1. The van der Waals surface area contributed by atoms with Crippen LogP contribution in [0.25, 0.3) is 0 Å².